The topological polar surface area (TPSA) is 85.1 Å². The van der Waals surface area contributed by atoms with Gasteiger partial charge in [-0.15, -0.1) is 0 Å². The van der Waals surface area contributed by atoms with Crippen LogP contribution < -0.4 is 5.32 Å². The Balaban J connectivity index is 1.71. The van der Waals surface area contributed by atoms with Gasteiger partial charge in [-0.25, -0.2) is 4.98 Å². The van der Waals surface area contributed by atoms with Gasteiger partial charge in [-0.05, 0) is 23.8 Å². The van der Waals surface area contributed by atoms with Crippen LogP contribution >= 0.6 is 11.3 Å². The maximum Gasteiger partial charge on any atom is 0.270 e. The molecule has 1 N–H and O–H groups in total. The first-order chi connectivity index (χ1) is 11.1. The van der Waals surface area contributed by atoms with E-state index in [1.165, 1.54) is 35.6 Å². The quantitative estimate of drug-likeness (QED) is 0.448. The highest BCUT2D eigenvalue weighted by Crippen LogP contribution is 2.25. The zero-order valence-electron chi connectivity index (χ0n) is 11.8. The maximum atomic E-state index is 11.9. The second-order valence-corrected chi connectivity index (χ2v) is 5.69. The highest BCUT2D eigenvalue weighted by Gasteiger charge is 2.06. The minimum absolute atomic E-state index is 0.0151. The van der Waals surface area contributed by atoms with Crippen LogP contribution in [0.25, 0.3) is 16.3 Å². The molecule has 1 aromatic heterocycles. The van der Waals surface area contributed by atoms with E-state index in [1.807, 2.05) is 24.3 Å². The summed E-state index contributed by atoms with van der Waals surface area (Å²) in [6.45, 7) is 0. The third-order valence-corrected chi connectivity index (χ3v) is 3.98. The molecule has 1 heterocycles. The van der Waals surface area contributed by atoms with E-state index in [-0.39, 0.29) is 11.6 Å². The zero-order chi connectivity index (χ0) is 16.2. The van der Waals surface area contributed by atoms with E-state index in [0.717, 1.165) is 10.2 Å². The van der Waals surface area contributed by atoms with Crippen molar-refractivity contribution >= 4 is 44.4 Å². The van der Waals surface area contributed by atoms with E-state index in [2.05, 4.69) is 10.3 Å². The average Bonchev–Trinajstić information content (AvgIpc) is 2.95. The number of hydrogen-bond donors (Lipinski definition) is 1. The van der Waals surface area contributed by atoms with Gasteiger partial charge in [-0.3, -0.25) is 20.2 Å². The molecule has 0 fully saturated rings. The fourth-order valence-corrected chi connectivity index (χ4v) is 2.86. The standard InChI is InChI=1S/C16H11N3O3S/c20-15(9-8-11-4-3-5-12(10-11)19(21)22)18-16-17-13-6-1-2-7-14(13)23-16/h1-10H,(H,17,18,20). The Kier molecular flexibility index (Phi) is 4.11. The van der Waals surface area contributed by atoms with Crippen LogP contribution in [0.3, 0.4) is 0 Å². The van der Waals surface area contributed by atoms with Gasteiger partial charge < -0.3 is 0 Å². The summed E-state index contributed by atoms with van der Waals surface area (Å²) >= 11 is 1.39. The molecule has 1 amide bonds. The summed E-state index contributed by atoms with van der Waals surface area (Å²) in [5, 5.41) is 13.9. The van der Waals surface area contributed by atoms with Crippen LogP contribution in [0.2, 0.25) is 0 Å². The fourth-order valence-electron chi connectivity index (χ4n) is 1.99. The van der Waals surface area contributed by atoms with Crippen molar-refractivity contribution in [3.63, 3.8) is 0 Å². The molecule has 0 unspecified atom stereocenters. The lowest BCUT2D eigenvalue weighted by Crippen LogP contribution is -2.07. The third-order valence-electron chi connectivity index (χ3n) is 3.03. The minimum atomic E-state index is -0.474. The smallest absolute Gasteiger partial charge is 0.270 e. The van der Waals surface area contributed by atoms with Crippen molar-refractivity contribution in [1.29, 1.82) is 0 Å². The number of carbonyl (C=O) groups is 1. The first-order valence-corrected chi connectivity index (χ1v) is 7.52. The number of nitrogens with zero attached hydrogens (tertiary/aromatic N) is 2. The lowest BCUT2D eigenvalue weighted by molar-refractivity contribution is -0.384. The Bertz CT molecular complexity index is 885. The first-order valence-electron chi connectivity index (χ1n) is 6.71. The number of rotatable bonds is 4. The molecule has 0 aliphatic rings. The van der Waals surface area contributed by atoms with Crippen LogP contribution in [0.15, 0.2) is 54.6 Å². The molecular formula is C16H11N3O3S. The molecule has 0 aliphatic heterocycles. The summed E-state index contributed by atoms with van der Waals surface area (Å²) in [7, 11) is 0. The minimum Gasteiger partial charge on any atom is -0.298 e. The van der Waals surface area contributed by atoms with Gasteiger partial charge >= 0.3 is 0 Å². The van der Waals surface area contributed by atoms with Gasteiger partial charge in [0.1, 0.15) is 0 Å². The molecule has 0 radical (unpaired) electrons. The van der Waals surface area contributed by atoms with Gasteiger partial charge in [0, 0.05) is 18.2 Å². The predicted octanol–water partition coefficient (Wildman–Crippen LogP) is 3.86. The molecule has 114 valence electrons. The number of non-ortho nitro benzene ring substituents is 1. The molecule has 7 heteroatoms. The largest absolute Gasteiger partial charge is 0.298 e. The van der Waals surface area contributed by atoms with Crippen LogP contribution in [0.1, 0.15) is 5.56 Å². The number of fused-ring (bicyclic) bond motifs is 1. The number of amides is 1. The lowest BCUT2D eigenvalue weighted by Gasteiger charge is -1.96. The summed E-state index contributed by atoms with van der Waals surface area (Å²) in [6, 6.07) is 13.7. The number of carbonyl (C=O) groups excluding carboxylic acids is 1. The average molecular weight is 325 g/mol. The number of hydrogen-bond acceptors (Lipinski definition) is 5. The van der Waals surface area contributed by atoms with Crippen molar-refractivity contribution in [3.05, 3.63) is 70.3 Å². The van der Waals surface area contributed by atoms with E-state index in [1.54, 1.807) is 12.1 Å². The highest BCUT2D eigenvalue weighted by molar-refractivity contribution is 7.22. The fraction of sp³-hybridized carbons (Fsp3) is 0. The van der Waals surface area contributed by atoms with Crippen LogP contribution in [0, 0.1) is 10.1 Å². The molecule has 6 nitrogen and oxygen atoms in total. The summed E-state index contributed by atoms with van der Waals surface area (Å²) in [5.74, 6) is -0.337. The van der Waals surface area contributed by atoms with Crippen molar-refractivity contribution in [2.24, 2.45) is 0 Å². The van der Waals surface area contributed by atoms with Crippen LogP contribution in [-0.4, -0.2) is 15.8 Å². The molecule has 0 saturated heterocycles. The first kappa shape index (κ1) is 14.9. The third kappa shape index (κ3) is 3.58. The molecule has 0 spiro atoms. The van der Waals surface area contributed by atoms with Gasteiger partial charge in [0.25, 0.3) is 5.69 Å². The number of anilines is 1. The maximum absolute atomic E-state index is 11.9. The van der Waals surface area contributed by atoms with Crippen molar-refractivity contribution in [2.45, 2.75) is 0 Å². The molecule has 23 heavy (non-hydrogen) atoms. The van der Waals surface area contributed by atoms with Gasteiger partial charge in [0.2, 0.25) is 5.91 Å². The van der Waals surface area contributed by atoms with E-state index < -0.39 is 4.92 Å². The molecule has 3 aromatic rings. The van der Waals surface area contributed by atoms with E-state index >= 15 is 0 Å². The molecule has 0 aliphatic carbocycles. The molecule has 0 saturated carbocycles. The summed E-state index contributed by atoms with van der Waals surface area (Å²) in [5.41, 5.74) is 1.40. The molecular weight excluding hydrogens is 314 g/mol. The Hall–Kier alpha value is -3.06. The number of thiazole rings is 1. The highest BCUT2D eigenvalue weighted by atomic mass is 32.1. The Morgan fingerprint density at radius 3 is 2.83 bits per heavy atom. The zero-order valence-corrected chi connectivity index (χ0v) is 12.6. The van der Waals surface area contributed by atoms with E-state index in [0.29, 0.717) is 10.7 Å². The Morgan fingerprint density at radius 1 is 1.22 bits per heavy atom. The van der Waals surface area contributed by atoms with Crippen LogP contribution in [0.5, 0.6) is 0 Å². The number of aromatic nitrogens is 1. The molecule has 0 atom stereocenters. The van der Waals surface area contributed by atoms with Gasteiger partial charge in [-0.1, -0.05) is 35.6 Å². The SMILES string of the molecule is O=C(C=Cc1cccc([N+](=O)[O-])c1)Nc1nc2ccccc2s1. The van der Waals surface area contributed by atoms with Gasteiger partial charge in [-0.2, -0.15) is 0 Å². The molecule has 0 bridgehead atoms. The lowest BCUT2D eigenvalue weighted by atomic mass is 10.2. The molecule has 3 rings (SSSR count). The Labute approximate surface area is 135 Å². The van der Waals surface area contributed by atoms with Crippen molar-refractivity contribution in [1.82, 2.24) is 4.98 Å². The number of benzene rings is 2. The van der Waals surface area contributed by atoms with Crippen LogP contribution in [0.4, 0.5) is 10.8 Å². The van der Waals surface area contributed by atoms with E-state index in [9.17, 15) is 14.9 Å². The Morgan fingerprint density at radius 2 is 2.04 bits per heavy atom. The van der Waals surface area contributed by atoms with Gasteiger partial charge in [0.05, 0.1) is 15.1 Å². The normalized spacial score (nSPS) is 11.0. The monoisotopic (exact) mass is 325 g/mol. The number of para-hydroxylation sites is 1. The van der Waals surface area contributed by atoms with Crippen molar-refractivity contribution in [2.75, 3.05) is 5.32 Å². The second kappa shape index (κ2) is 6.37. The van der Waals surface area contributed by atoms with Crippen molar-refractivity contribution in [3.8, 4) is 0 Å². The predicted molar refractivity (Wildman–Crippen MR) is 90.4 cm³/mol. The summed E-state index contributed by atoms with van der Waals surface area (Å²) in [4.78, 5) is 26.5. The van der Waals surface area contributed by atoms with Gasteiger partial charge in [0.15, 0.2) is 5.13 Å². The number of nitro groups is 1. The summed E-state index contributed by atoms with van der Waals surface area (Å²) < 4.78 is 0.991. The number of nitrogens with one attached hydrogen (secondary N) is 1. The number of nitro benzene ring substituents is 1. The van der Waals surface area contributed by atoms with Crippen molar-refractivity contribution < 1.29 is 9.72 Å². The summed E-state index contributed by atoms with van der Waals surface area (Å²) in [6.07, 6.45) is 2.85. The van der Waals surface area contributed by atoms with Crippen LogP contribution in [-0.2, 0) is 4.79 Å². The second-order valence-electron chi connectivity index (χ2n) is 4.66. The van der Waals surface area contributed by atoms with E-state index in [4.69, 9.17) is 0 Å². The molecule has 2 aromatic carbocycles.